The quantitative estimate of drug-likeness (QED) is 0.439. The van der Waals surface area contributed by atoms with Crippen LogP contribution in [0.4, 0.5) is 4.39 Å². The van der Waals surface area contributed by atoms with Gasteiger partial charge in [-0.2, -0.15) is 0 Å². The van der Waals surface area contributed by atoms with Gasteiger partial charge in [0, 0.05) is 13.7 Å². The van der Waals surface area contributed by atoms with Gasteiger partial charge in [0.15, 0.2) is 0 Å². The van der Waals surface area contributed by atoms with Crippen molar-refractivity contribution >= 4 is 51.3 Å². The lowest BCUT2D eigenvalue weighted by molar-refractivity contribution is -0.135. The number of ether oxygens (including phenoxy) is 2. The van der Waals surface area contributed by atoms with Crippen molar-refractivity contribution in [2.75, 3.05) is 26.9 Å². The second kappa shape index (κ2) is 11.0. The molecule has 0 spiro atoms. The van der Waals surface area contributed by atoms with Gasteiger partial charge < -0.3 is 14.8 Å². The molecule has 1 amide bonds. The Hall–Kier alpha value is -2.30. The number of nitrogens with zero attached hydrogens (tertiary/aromatic N) is 1. The van der Waals surface area contributed by atoms with Gasteiger partial charge in [-0.25, -0.2) is 9.18 Å². The van der Waals surface area contributed by atoms with E-state index in [4.69, 9.17) is 9.47 Å². The summed E-state index contributed by atoms with van der Waals surface area (Å²) >= 11 is 4.15. The number of rotatable bonds is 8. The summed E-state index contributed by atoms with van der Waals surface area (Å²) < 4.78 is 25.3. The molecule has 0 unspecified atom stereocenters. The molecule has 0 bridgehead atoms. The molecule has 29 heavy (non-hydrogen) atoms. The molecule has 0 aliphatic heterocycles. The highest BCUT2D eigenvalue weighted by Crippen LogP contribution is 2.17. The minimum Gasteiger partial charge on any atom is -0.463 e. The van der Waals surface area contributed by atoms with Gasteiger partial charge >= 0.3 is 5.97 Å². The average molecular weight is 487 g/mol. The molecule has 0 fully saturated rings. The maximum atomic E-state index is 13.4. The van der Waals surface area contributed by atoms with Gasteiger partial charge in [-0.3, -0.25) is 14.2 Å². The van der Waals surface area contributed by atoms with E-state index in [-0.39, 0.29) is 22.3 Å². The first-order valence-electron chi connectivity index (χ1n) is 8.66. The molecule has 1 N–H and O–H groups in total. The van der Waals surface area contributed by atoms with E-state index < -0.39 is 23.3 Å². The molecule has 2 aromatic rings. The highest BCUT2D eigenvalue weighted by atomic mass is 79.9. The maximum absolute atomic E-state index is 13.4. The van der Waals surface area contributed by atoms with Gasteiger partial charge in [0.2, 0.25) is 5.91 Å². The van der Waals surface area contributed by atoms with Crippen LogP contribution in [0.3, 0.4) is 0 Å². The van der Waals surface area contributed by atoms with Crippen molar-refractivity contribution in [3.63, 3.8) is 0 Å². The lowest BCUT2D eigenvalue weighted by Crippen LogP contribution is -2.39. The van der Waals surface area contributed by atoms with E-state index in [1.807, 2.05) is 0 Å². The molecule has 1 aromatic carbocycles. The Morgan fingerprint density at radius 3 is 2.79 bits per heavy atom. The molecule has 1 heterocycles. The summed E-state index contributed by atoms with van der Waals surface area (Å²) in [6.45, 7) is 2.23. The first-order valence-corrected chi connectivity index (χ1v) is 10.3. The topological polar surface area (TPSA) is 86.6 Å². The molecular weight excluding hydrogens is 467 g/mol. The number of thiazole rings is 1. The summed E-state index contributed by atoms with van der Waals surface area (Å²) in [6, 6.07) is 4.33. The number of nitrogens with one attached hydrogen (secondary N) is 1. The van der Waals surface area contributed by atoms with E-state index in [9.17, 15) is 18.8 Å². The van der Waals surface area contributed by atoms with Crippen molar-refractivity contribution in [2.24, 2.45) is 0 Å². The molecule has 156 valence electrons. The number of carbonyl (C=O) groups excluding carboxylic acids is 2. The molecule has 0 saturated carbocycles. The molecular formula is C19H20BrFN2O5S. The van der Waals surface area contributed by atoms with Crippen LogP contribution in [0.1, 0.15) is 12.5 Å². The molecule has 0 saturated heterocycles. The second-order valence-corrected chi connectivity index (χ2v) is 7.67. The Bertz CT molecular complexity index is 1060. The van der Waals surface area contributed by atoms with Crippen LogP contribution in [0.5, 0.6) is 0 Å². The fourth-order valence-electron chi connectivity index (χ4n) is 2.32. The Morgan fingerprint density at radius 1 is 1.38 bits per heavy atom. The summed E-state index contributed by atoms with van der Waals surface area (Å²) in [7, 11) is 1.51. The molecule has 0 radical (unpaired) electrons. The van der Waals surface area contributed by atoms with Gasteiger partial charge in [-0.05, 0) is 46.6 Å². The largest absolute Gasteiger partial charge is 0.463 e. The molecule has 7 nitrogen and oxygen atoms in total. The third-order valence-corrected chi connectivity index (χ3v) is 5.30. The third-order valence-electron chi connectivity index (χ3n) is 3.64. The summed E-state index contributed by atoms with van der Waals surface area (Å²) in [6.07, 6.45) is 2.74. The number of carbonyl (C=O) groups is 2. The smallest absolute Gasteiger partial charge is 0.333 e. The normalized spacial score (nSPS) is 12.3. The van der Waals surface area contributed by atoms with E-state index in [0.717, 1.165) is 11.3 Å². The minimum atomic E-state index is -0.613. The van der Waals surface area contributed by atoms with Crippen LogP contribution >= 0.6 is 27.3 Å². The van der Waals surface area contributed by atoms with Crippen LogP contribution in [0.2, 0.25) is 0 Å². The molecule has 0 aliphatic rings. The van der Waals surface area contributed by atoms with E-state index in [1.54, 1.807) is 13.0 Å². The monoisotopic (exact) mass is 486 g/mol. The standard InChI is InChI=1S/C19H20BrFN2O5S/c1-3-28-18(25)10-17-23(11-16(24)22-6-7-27-2)19(26)15(29-17)9-12-4-5-14(21)13(20)8-12/h4-5,8-10H,3,6-7,11H2,1-2H3,(H,22,24)/b15-9-,17-10-. The zero-order chi connectivity index (χ0) is 21.4. The number of methoxy groups -OCH3 is 1. The summed E-state index contributed by atoms with van der Waals surface area (Å²) in [4.78, 5) is 36.8. The minimum absolute atomic E-state index is 0.186. The van der Waals surface area contributed by atoms with Crippen molar-refractivity contribution in [1.82, 2.24) is 9.88 Å². The number of amides is 1. The number of esters is 1. The van der Waals surface area contributed by atoms with Crippen LogP contribution in [-0.4, -0.2) is 43.3 Å². The third kappa shape index (κ3) is 6.62. The number of benzene rings is 1. The second-order valence-electron chi connectivity index (χ2n) is 5.75. The van der Waals surface area contributed by atoms with Gasteiger partial charge in [0.05, 0.1) is 28.3 Å². The van der Waals surface area contributed by atoms with E-state index in [0.29, 0.717) is 23.2 Å². The Kier molecular flexibility index (Phi) is 8.74. The Balaban J connectivity index is 2.48. The van der Waals surface area contributed by atoms with Crippen molar-refractivity contribution in [3.05, 3.63) is 53.6 Å². The summed E-state index contributed by atoms with van der Waals surface area (Å²) in [5.74, 6) is -1.43. The first kappa shape index (κ1) is 23.0. The summed E-state index contributed by atoms with van der Waals surface area (Å²) in [5, 5.41) is 2.63. The molecule has 0 aliphatic carbocycles. The van der Waals surface area contributed by atoms with Crippen molar-refractivity contribution in [2.45, 2.75) is 13.5 Å². The molecule has 0 atom stereocenters. The fraction of sp³-hybridized carbons (Fsp3) is 0.316. The first-order chi connectivity index (χ1) is 13.8. The zero-order valence-corrected chi connectivity index (χ0v) is 18.3. The van der Waals surface area contributed by atoms with Crippen LogP contribution in [0, 0.1) is 5.82 Å². The van der Waals surface area contributed by atoms with E-state index in [1.165, 1.54) is 36.0 Å². The summed E-state index contributed by atoms with van der Waals surface area (Å²) in [5.41, 5.74) is 0.156. The van der Waals surface area contributed by atoms with Crippen molar-refractivity contribution in [3.8, 4) is 0 Å². The Labute approximate surface area is 178 Å². The fourth-order valence-corrected chi connectivity index (χ4v) is 3.75. The zero-order valence-electron chi connectivity index (χ0n) is 15.9. The predicted molar refractivity (Wildman–Crippen MR) is 111 cm³/mol. The maximum Gasteiger partial charge on any atom is 0.333 e. The highest BCUT2D eigenvalue weighted by molar-refractivity contribution is 9.10. The number of aromatic nitrogens is 1. The Morgan fingerprint density at radius 2 is 2.14 bits per heavy atom. The molecule has 10 heteroatoms. The predicted octanol–water partition coefficient (Wildman–Crippen LogP) is 0.746. The lowest BCUT2D eigenvalue weighted by atomic mass is 10.2. The number of hydrogen-bond donors (Lipinski definition) is 1. The SMILES string of the molecule is CCOC(=O)/C=c1\s/c(=C\c2ccc(F)c(Br)c2)c(=O)n1CC(=O)NCCOC. The van der Waals surface area contributed by atoms with Crippen LogP contribution in [-0.2, 0) is 25.6 Å². The average Bonchev–Trinajstić information content (AvgIpc) is 2.94. The van der Waals surface area contributed by atoms with E-state index in [2.05, 4.69) is 21.2 Å². The molecule has 1 aromatic heterocycles. The van der Waals surface area contributed by atoms with Crippen LogP contribution in [0.25, 0.3) is 12.2 Å². The van der Waals surface area contributed by atoms with Gasteiger partial charge in [0.1, 0.15) is 17.0 Å². The lowest BCUT2D eigenvalue weighted by Gasteiger charge is -2.05. The van der Waals surface area contributed by atoms with Gasteiger partial charge in [-0.1, -0.05) is 6.07 Å². The number of hydrogen-bond acceptors (Lipinski definition) is 6. The molecule has 2 rings (SSSR count). The van der Waals surface area contributed by atoms with Crippen LogP contribution in [0.15, 0.2) is 27.5 Å². The van der Waals surface area contributed by atoms with Gasteiger partial charge in [0.25, 0.3) is 5.56 Å². The van der Waals surface area contributed by atoms with Crippen molar-refractivity contribution in [1.29, 1.82) is 0 Å². The van der Waals surface area contributed by atoms with Crippen molar-refractivity contribution < 1.29 is 23.5 Å². The van der Waals surface area contributed by atoms with E-state index >= 15 is 0 Å². The van der Waals surface area contributed by atoms with Gasteiger partial charge in [-0.15, -0.1) is 11.3 Å². The highest BCUT2D eigenvalue weighted by Gasteiger charge is 2.11. The number of halogens is 2. The van der Waals surface area contributed by atoms with Crippen LogP contribution < -0.4 is 20.1 Å².